The number of ether oxygens (including phenoxy) is 1. The third kappa shape index (κ3) is 2.43. The Bertz CT molecular complexity index is 814. The lowest BCUT2D eigenvalue weighted by Gasteiger charge is -2.05. The van der Waals surface area contributed by atoms with Gasteiger partial charge in [-0.1, -0.05) is 12.1 Å². The molecule has 0 aliphatic rings. The second-order valence-electron chi connectivity index (χ2n) is 5.29. The summed E-state index contributed by atoms with van der Waals surface area (Å²) in [6, 6.07) is 16.9. The van der Waals surface area contributed by atoms with E-state index < -0.39 is 0 Å². The Morgan fingerprint density at radius 2 is 1.19 bits per heavy atom. The van der Waals surface area contributed by atoms with Crippen LogP contribution in [0.4, 0.5) is 0 Å². The summed E-state index contributed by atoms with van der Waals surface area (Å²) in [6.45, 7) is 1.26. The lowest BCUT2D eigenvalue weighted by atomic mass is 10.1. The maximum Gasteiger partial charge on any atom is 0.0721 e. The highest BCUT2D eigenvalue weighted by molar-refractivity contribution is 5.80. The van der Waals surface area contributed by atoms with Crippen LogP contribution in [0.5, 0.6) is 0 Å². The number of benzene rings is 2. The molecule has 4 aromatic rings. The molecule has 0 saturated heterocycles. The zero-order valence-corrected chi connectivity index (χ0v) is 11.6. The molecule has 0 amide bonds. The van der Waals surface area contributed by atoms with Crippen LogP contribution in [0.3, 0.4) is 0 Å². The van der Waals surface area contributed by atoms with Crippen molar-refractivity contribution in [3.05, 3.63) is 72.1 Å². The van der Waals surface area contributed by atoms with Crippen molar-refractivity contribution in [3.8, 4) is 0 Å². The molecule has 0 unspecified atom stereocenters. The number of fused-ring (bicyclic) bond motifs is 2. The molecule has 0 bridgehead atoms. The zero-order chi connectivity index (χ0) is 14.1. The molecule has 4 rings (SSSR count). The Labute approximate surface area is 122 Å². The smallest absolute Gasteiger partial charge is 0.0721 e. The molecule has 0 fully saturated rings. The van der Waals surface area contributed by atoms with Gasteiger partial charge in [0.1, 0.15) is 0 Å². The van der Waals surface area contributed by atoms with Gasteiger partial charge in [0.15, 0.2) is 0 Å². The quantitative estimate of drug-likeness (QED) is 0.571. The molecule has 2 aromatic heterocycles. The van der Waals surface area contributed by atoms with Gasteiger partial charge in [0, 0.05) is 23.4 Å². The van der Waals surface area contributed by atoms with Gasteiger partial charge in [0.25, 0.3) is 0 Å². The number of hydrogen-bond acceptors (Lipinski definition) is 1. The molecular weight excluding hydrogens is 260 g/mol. The first-order valence-electron chi connectivity index (χ1n) is 7.08. The molecule has 0 saturated carbocycles. The van der Waals surface area contributed by atoms with Gasteiger partial charge in [-0.15, -0.1) is 0 Å². The van der Waals surface area contributed by atoms with E-state index in [-0.39, 0.29) is 0 Å². The van der Waals surface area contributed by atoms with Crippen LogP contribution in [-0.2, 0) is 18.0 Å². The molecule has 2 N–H and O–H groups in total. The predicted molar refractivity (Wildman–Crippen MR) is 85.1 cm³/mol. The number of rotatable bonds is 4. The molecule has 104 valence electrons. The monoisotopic (exact) mass is 276 g/mol. The summed E-state index contributed by atoms with van der Waals surface area (Å²) >= 11 is 0. The van der Waals surface area contributed by atoms with E-state index in [1.165, 1.54) is 21.9 Å². The van der Waals surface area contributed by atoms with Crippen molar-refractivity contribution in [1.82, 2.24) is 9.97 Å². The average Bonchev–Trinajstić information content (AvgIpc) is 3.14. The first-order chi connectivity index (χ1) is 10.4. The van der Waals surface area contributed by atoms with Gasteiger partial charge in [-0.05, 0) is 58.3 Å². The van der Waals surface area contributed by atoms with Crippen molar-refractivity contribution in [2.24, 2.45) is 0 Å². The molecule has 3 nitrogen and oxygen atoms in total. The molecule has 21 heavy (non-hydrogen) atoms. The van der Waals surface area contributed by atoms with Gasteiger partial charge in [-0.3, -0.25) is 0 Å². The second kappa shape index (κ2) is 5.11. The number of aromatic amines is 2. The fraction of sp³-hybridized carbons (Fsp3) is 0.111. The fourth-order valence-corrected chi connectivity index (χ4v) is 2.67. The van der Waals surface area contributed by atoms with Crippen LogP contribution in [-0.4, -0.2) is 9.97 Å². The van der Waals surface area contributed by atoms with Gasteiger partial charge < -0.3 is 14.7 Å². The first-order valence-corrected chi connectivity index (χ1v) is 7.08. The summed E-state index contributed by atoms with van der Waals surface area (Å²) in [5, 5.41) is 2.45. The standard InChI is InChI=1S/C18H16N2O/c1-3-17-15(5-7-19-17)9-13(1)11-21-12-14-2-4-18-16(10-14)6-8-20-18/h1-10,19-20H,11-12H2. The normalized spacial score (nSPS) is 11.4. The maximum atomic E-state index is 5.84. The third-order valence-electron chi connectivity index (χ3n) is 3.77. The van der Waals surface area contributed by atoms with Crippen LogP contribution in [0.25, 0.3) is 21.8 Å². The van der Waals surface area contributed by atoms with Crippen LogP contribution in [0.15, 0.2) is 60.9 Å². The van der Waals surface area contributed by atoms with Crippen molar-refractivity contribution < 1.29 is 4.74 Å². The lowest BCUT2D eigenvalue weighted by Crippen LogP contribution is -1.94. The zero-order valence-electron chi connectivity index (χ0n) is 11.6. The van der Waals surface area contributed by atoms with Gasteiger partial charge >= 0.3 is 0 Å². The van der Waals surface area contributed by atoms with E-state index in [1.54, 1.807) is 0 Å². The van der Waals surface area contributed by atoms with E-state index >= 15 is 0 Å². The highest BCUT2D eigenvalue weighted by Crippen LogP contribution is 2.17. The average molecular weight is 276 g/mol. The van der Waals surface area contributed by atoms with Crippen molar-refractivity contribution in [3.63, 3.8) is 0 Å². The highest BCUT2D eigenvalue weighted by Gasteiger charge is 2.00. The topological polar surface area (TPSA) is 40.8 Å². The summed E-state index contributed by atoms with van der Waals surface area (Å²) in [5.74, 6) is 0. The molecule has 0 atom stereocenters. The Morgan fingerprint density at radius 1 is 0.667 bits per heavy atom. The Kier molecular flexibility index (Phi) is 2.98. The minimum Gasteiger partial charge on any atom is -0.372 e. The summed E-state index contributed by atoms with van der Waals surface area (Å²) < 4.78 is 5.84. The minimum absolute atomic E-state index is 0.631. The van der Waals surface area contributed by atoms with Crippen molar-refractivity contribution in [1.29, 1.82) is 0 Å². The highest BCUT2D eigenvalue weighted by atomic mass is 16.5. The molecule has 0 aliphatic heterocycles. The largest absolute Gasteiger partial charge is 0.372 e. The molecule has 3 heteroatoms. The number of nitrogens with one attached hydrogen (secondary N) is 2. The summed E-state index contributed by atoms with van der Waals surface area (Å²) in [5.41, 5.74) is 4.72. The van der Waals surface area contributed by atoms with Gasteiger partial charge in [-0.2, -0.15) is 0 Å². The van der Waals surface area contributed by atoms with Crippen LogP contribution in [0.1, 0.15) is 11.1 Å². The SMILES string of the molecule is c1cc2cc(COCc3ccc4[nH]ccc4c3)ccc2[nH]1. The van der Waals surface area contributed by atoms with E-state index in [9.17, 15) is 0 Å². The van der Waals surface area contributed by atoms with Crippen molar-refractivity contribution in [2.75, 3.05) is 0 Å². The minimum atomic E-state index is 0.631. The Hall–Kier alpha value is -2.52. The Morgan fingerprint density at radius 3 is 1.71 bits per heavy atom. The molecule has 0 radical (unpaired) electrons. The number of aromatic nitrogens is 2. The van der Waals surface area contributed by atoms with Gasteiger partial charge in [0.2, 0.25) is 0 Å². The predicted octanol–water partition coefficient (Wildman–Crippen LogP) is 4.37. The van der Waals surface area contributed by atoms with E-state index in [4.69, 9.17) is 4.74 Å². The lowest BCUT2D eigenvalue weighted by molar-refractivity contribution is 0.107. The molecule has 2 heterocycles. The third-order valence-corrected chi connectivity index (χ3v) is 3.77. The maximum absolute atomic E-state index is 5.84. The van der Waals surface area contributed by atoms with Crippen LogP contribution < -0.4 is 0 Å². The van der Waals surface area contributed by atoms with Crippen molar-refractivity contribution in [2.45, 2.75) is 13.2 Å². The van der Waals surface area contributed by atoms with Crippen LogP contribution in [0.2, 0.25) is 0 Å². The molecule has 2 aromatic carbocycles. The van der Waals surface area contributed by atoms with Crippen molar-refractivity contribution >= 4 is 21.8 Å². The Balaban J connectivity index is 1.44. The van der Waals surface area contributed by atoms with E-state index in [2.05, 4.69) is 58.5 Å². The first kappa shape index (κ1) is 12.2. The number of hydrogen-bond donors (Lipinski definition) is 2. The van der Waals surface area contributed by atoms with Gasteiger partial charge in [-0.25, -0.2) is 0 Å². The van der Waals surface area contributed by atoms with Crippen LogP contribution in [0, 0.1) is 0 Å². The number of H-pyrrole nitrogens is 2. The second-order valence-corrected chi connectivity index (χ2v) is 5.29. The summed E-state index contributed by atoms with van der Waals surface area (Å²) in [7, 11) is 0. The van der Waals surface area contributed by atoms with Crippen LogP contribution >= 0.6 is 0 Å². The molecular formula is C18H16N2O. The van der Waals surface area contributed by atoms with E-state index in [1.807, 2.05) is 12.4 Å². The fourth-order valence-electron chi connectivity index (χ4n) is 2.67. The summed E-state index contributed by atoms with van der Waals surface area (Å²) in [4.78, 5) is 6.40. The summed E-state index contributed by atoms with van der Waals surface area (Å²) in [6.07, 6.45) is 3.92. The molecule has 0 aliphatic carbocycles. The van der Waals surface area contributed by atoms with E-state index in [0.717, 1.165) is 11.0 Å². The molecule has 0 spiro atoms. The van der Waals surface area contributed by atoms with E-state index in [0.29, 0.717) is 13.2 Å². The van der Waals surface area contributed by atoms with Gasteiger partial charge in [0.05, 0.1) is 13.2 Å².